The number of piperazine rings is 1. The summed E-state index contributed by atoms with van der Waals surface area (Å²) in [7, 11) is 0. The van der Waals surface area contributed by atoms with Crippen LogP contribution in [-0.2, 0) is 9.59 Å². The average Bonchev–Trinajstić information content (AvgIpc) is 4.10. The molecule has 1 aliphatic carbocycles. The molecule has 6 heterocycles. The normalized spacial score (nSPS) is 19.9. The number of benzene rings is 3. The number of anilines is 2. The lowest BCUT2D eigenvalue weighted by Crippen LogP contribution is -2.54. The van der Waals surface area contributed by atoms with Crippen LogP contribution >= 0.6 is 0 Å². The van der Waals surface area contributed by atoms with E-state index in [-0.39, 0.29) is 68.9 Å². The van der Waals surface area contributed by atoms with Crippen LogP contribution in [0.3, 0.4) is 0 Å². The fraction of sp³-hybridized carbons (Fsp3) is 0.408. The second-order valence-corrected chi connectivity index (χ2v) is 18.2. The Morgan fingerprint density at radius 1 is 0.955 bits per heavy atom. The maximum absolute atomic E-state index is 17.0. The summed E-state index contributed by atoms with van der Waals surface area (Å²) in [5.41, 5.74) is 4.26. The number of hydrogen-bond acceptors (Lipinski definition) is 14. The summed E-state index contributed by atoms with van der Waals surface area (Å²) in [6, 6.07) is 9.56. The molecule has 1 unspecified atom stereocenters. The van der Waals surface area contributed by atoms with Crippen molar-refractivity contribution < 1.29 is 37.8 Å². The Bertz CT molecular complexity index is 2870. The highest BCUT2D eigenvalue weighted by atomic mass is 19.1. The third kappa shape index (κ3) is 8.58. The standard InChI is InChI=1S/C49H50F2N10O6/c1-2-31-35(50)11-10-29-24-30(62)25-33(39(29)31)42-41(51)43-34(26-53-42)44(60-19-5-3-4-17-54-60)57-48(56-43)67-28-49(14-15-49)27-59-22-20-58(21-23-59)18-7-16-52-36-9-6-8-32-40(36)47(66)61(46(32)65)37-12-13-38(63)55-45(37)64/h1,6,8-11,24-26,37,52,54,62H,3-5,7,12-23,27-28H2,(H,55,63,64). The molecule has 3 aromatic carbocycles. The molecule has 1 atom stereocenters. The van der Waals surface area contributed by atoms with Gasteiger partial charge in [-0.25, -0.2) is 14.2 Å². The number of amides is 4. The van der Waals surface area contributed by atoms with Crippen molar-refractivity contribution in [3.63, 3.8) is 0 Å². The van der Waals surface area contributed by atoms with Crippen LogP contribution in [0.15, 0.2) is 48.7 Å². The van der Waals surface area contributed by atoms with Crippen LogP contribution in [0.4, 0.5) is 20.3 Å². The van der Waals surface area contributed by atoms with Gasteiger partial charge in [-0.1, -0.05) is 24.5 Å². The first kappa shape index (κ1) is 44.0. The van der Waals surface area contributed by atoms with E-state index in [1.54, 1.807) is 18.2 Å². The van der Waals surface area contributed by atoms with Gasteiger partial charge >= 0.3 is 6.01 Å². The predicted molar refractivity (Wildman–Crippen MR) is 245 cm³/mol. The average molecular weight is 913 g/mol. The van der Waals surface area contributed by atoms with Crippen LogP contribution in [0, 0.1) is 29.4 Å². The number of halogens is 2. The number of hydrogen-bond donors (Lipinski definition) is 4. The van der Waals surface area contributed by atoms with Gasteiger partial charge in [0.25, 0.3) is 11.8 Å². The fourth-order valence-corrected chi connectivity index (χ4v) is 9.85. The Hall–Kier alpha value is -6.81. The molecule has 5 aromatic rings. The molecule has 346 valence electrons. The molecule has 4 amide bonds. The number of phenols is 1. The molecule has 4 N–H and O–H groups in total. The van der Waals surface area contributed by atoms with Crippen molar-refractivity contribution in [2.45, 2.75) is 57.4 Å². The van der Waals surface area contributed by atoms with Gasteiger partial charge in [-0.3, -0.25) is 39.4 Å². The van der Waals surface area contributed by atoms with Gasteiger partial charge in [0.15, 0.2) is 11.6 Å². The van der Waals surface area contributed by atoms with Gasteiger partial charge < -0.3 is 25.0 Å². The van der Waals surface area contributed by atoms with Gasteiger partial charge in [-0.05, 0) is 80.8 Å². The first-order valence-corrected chi connectivity index (χ1v) is 23.0. The number of fused-ring (bicyclic) bond motifs is 3. The molecule has 4 fully saturated rings. The zero-order chi connectivity index (χ0) is 46.4. The number of aromatic nitrogens is 3. The highest BCUT2D eigenvalue weighted by molar-refractivity contribution is 6.25. The number of piperidine rings is 1. The van der Waals surface area contributed by atoms with E-state index in [0.29, 0.717) is 48.5 Å². The quantitative estimate of drug-likeness (QED) is 0.0704. The van der Waals surface area contributed by atoms with Crippen LogP contribution in [0.2, 0.25) is 0 Å². The van der Waals surface area contributed by atoms with E-state index >= 15 is 4.39 Å². The smallest absolute Gasteiger partial charge is 0.319 e. The van der Waals surface area contributed by atoms with Crippen LogP contribution in [0.25, 0.3) is 32.9 Å². The molecule has 0 bridgehead atoms. The molecule has 5 aliphatic rings. The number of aromatic hydroxyl groups is 1. The highest BCUT2D eigenvalue weighted by Gasteiger charge is 2.47. The van der Waals surface area contributed by atoms with Crippen molar-refractivity contribution in [1.29, 1.82) is 0 Å². The van der Waals surface area contributed by atoms with Crippen LogP contribution in [0.1, 0.15) is 77.6 Å². The lowest BCUT2D eigenvalue weighted by molar-refractivity contribution is -0.136. The minimum absolute atomic E-state index is 0.0185. The molecule has 0 spiro atoms. The summed E-state index contributed by atoms with van der Waals surface area (Å²) in [5, 5.41) is 19.2. The summed E-state index contributed by atoms with van der Waals surface area (Å²) in [6.45, 7) is 7.46. The number of hydrazine groups is 1. The summed E-state index contributed by atoms with van der Waals surface area (Å²) >= 11 is 0. The number of phenolic OH excluding ortho intramolecular Hbond substituents is 1. The second kappa shape index (κ2) is 18.1. The molecule has 3 saturated heterocycles. The van der Waals surface area contributed by atoms with Gasteiger partial charge in [0.05, 0.1) is 28.7 Å². The molecule has 16 nitrogen and oxygen atoms in total. The number of rotatable bonds is 13. The summed E-state index contributed by atoms with van der Waals surface area (Å²) in [5.74, 6) is -0.863. The zero-order valence-electron chi connectivity index (χ0n) is 36.9. The van der Waals surface area contributed by atoms with Gasteiger partial charge in [0.1, 0.15) is 28.8 Å². The Morgan fingerprint density at radius 2 is 1.78 bits per heavy atom. The minimum atomic E-state index is -1.02. The van der Waals surface area contributed by atoms with E-state index in [1.807, 2.05) is 5.01 Å². The number of pyridine rings is 1. The van der Waals surface area contributed by atoms with Crippen molar-refractivity contribution in [3.05, 3.63) is 77.0 Å². The molecule has 4 aliphatic heterocycles. The third-order valence-electron chi connectivity index (χ3n) is 13.6. The second-order valence-electron chi connectivity index (χ2n) is 18.2. The largest absolute Gasteiger partial charge is 0.508 e. The van der Waals surface area contributed by atoms with Crippen LogP contribution in [-0.4, -0.2) is 130 Å². The first-order valence-electron chi connectivity index (χ1n) is 23.0. The lowest BCUT2D eigenvalue weighted by atomic mass is 9.96. The highest BCUT2D eigenvalue weighted by Crippen LogP contribution is 2.47. The first-order chi connectivity index (χ1) is 32.5. The monoisotopic (exact) mass is 912 g/mol. The van der Waals surface area contributed by atoms with Crippen molar-refractivity contribution in [2.75, 3.05) is 75.8 Å². The van der Waals surface area contributed by atoms with E-state index in [2.05, 4.69) is 41.7 Å². The van der Waals surface area contributed by atoms with E-state index in [1.165, 1.54) is 30.5 Å². The van der Waals surface area contributed by atoms with Crippen molar-refractivity contribution in [1.82, 2.24) is 40.4 Å². The summed E-state index contributed by atoms with van der Waals surface area (Å²) in [6.07, 6.45) is 13.0. The van der Waals surface area contributed by atoms with Gasteiger partial charge in [0, 0.05) is 87.0 Å². The van der Waals surface area contributed by atoms with Gasteiger partial charge in [0.2, 0.25) is 11.8 Å². The Labute approximate surface area is 385 Å². The molecule has 1 saturated carbocycles. The summed E-state index contributed by atoms with van der Waals surface area (Å²) < 4.78 is 38.4. The van der Waals surface area contributed by atoms with Crippen LogP contribution in [0.5, 0.6) is 11.8 Å². The van der Waals surface area contributed by atoms with Gasteiger partial charge in [-0.2, -0.15) is 9.97 Å². The molecule has 67 heavy (non-hydrogen) atoms. The number of terminal acetylenes is 1. The van der Waals surface area contributed by atoms with Crippen LogP contribution < -0.4 is 25.8 Å². The SMILES string of the molecule is C#Cc1c(F)ccc2cc(O)cc(-c3ncc4c(N5CCCCCN5)nc(OCC5(CN6CCN(CCCNc7cccc8c7C(=O)N(C7CCC(=O)NC7=O)C8=O)CC6)CC5)nc4c3F)c12. The number of nitrogens with one attached hydrogen (secondary N) is 3. The summed E-state index contributed by atoms with van der Waals surface area (Å²) in [4.78, 5) is 70.7. The Balaban J connectivity index is 0.779. The van der Waals surface area contributed by atoms with Crippen molar-refractivity contribution in [2.24, 2.45) is 5.41 Å². The van der Waals surface area contributed by atoms with E-state index in [9.17, 15) is 28.7 Å². The number of nitrogens with zero attached hydrogens (tertiary/aromatic N) is 7. The Morgan fingerprint density at radius 3 is 2.57 bits per heavy atom. The topological polar surface area (TPSA) is 185 Å². The number of imide groups is 2. The number of carbonyl (C=O) groups is 4. The van der Waals surface area contributed by atoms with E-state index < -0.39 is 41.3 Å². The lowest BCUT2D eigenvalue weighted by Gasteiger charge is -2.36. The molecule has 2 aromatic heterocycles. The zero-order valence-corrected chi connectivity index (χ0v) is 36.9. The van der Waals surface area contributed by atoms with E-state index in [0.717, 1.165) is 82.7 Å². The van der Waals surface area contributed by atoms with Crippen molar-refractivity contribution >= 4 is 56.8 Å². The number of carbonyl (C=O) groups excluding carboxylic acids is 4. The van der Waals surface area contributed by atoms with Gasteiger partial charge in [-0.15, -0.1) is 6.42 Å². The fourth-order valence-electron chi connectivity index (χ4n) is 9.85. The Kier molecular flexibility index (Phi) is 11.9. The minimum Gasteiger partial charge on any atom is -0.508 e. The van der Waals surface area contributed by atoms with E-state index in [4.69, 9.17) is 16.1 Å². The maximum Gasteiger partial charge on any atom is 0.319 e. The maximum atomic E-state index is 17.0. The number of ether oxygens (including phenoxy) is 1. The molecule has 0 radical (unpaired) electrons. The predicted octanol–water partition coefficient (Wildman–Crippen LogP) is 4.99. The van der Waals surface area contributed by atoms with Crippen molar-refractivity contribution in [3.8, 4) is 35.4 Å². The molecule has 18 heteroatoms. The molecule has 10 rings (SSSR count). The molecular weight excluding hydrogens is 863 g/mol. The third-order valence-corrected chi connectivity index (χ3v) is 13.6. The molecular formula is C49H50F2N10O6.